The lowest BCUT2D eigenvalue weighted by molar-refractivity contribution is 0.0696. The van der Waals surface area contributed by atoms with Crippen LogP contribution >= 0.6 is 0 Å². The minimum Gasteiger partial charge on any atom is -0.478 e. The molecule has 0 unspecified atom stereocenters. The maximum Gasteiger partial charge on any atom is 0.335 e. The number of benzene rings is 2. The molecule has 0 bridgehead atoms. The Balaban J connectivity index is 1.68. The van der Waals surface area contributed by atoms with Gasteiger partial charge in [-0.2, -0.15) is 4.98 Å². The van der Waals surface area contributed by atoms with Crippen LogP contribution in [0, 0.1) is 6.92 Å². The van der Waals surface area contributed by atoms with Gasteiger partial charge < -0.3 is 14.4 Å². The summed E-state index contributed by atoms with van der Waals surface area (Å²) in [6, 6.07) is 16.4. The summed E-state index contributed by atoms with van der Waals surface area (Å²) < 4.78 is 7.66. The van der Waals surface area contributed by atoms with E-state index in [2.05, 4.69) is 15.0 Å². The molecular formula is C20H16N4O3. The number of fused-ring (bicyclic) bond motifs is 1. The van der Waals surface area contributed by atoms with Gasteiger partial charge in [0.2, 0.25) is 0 Å². The third-order valence-corrected chi connectivity index (χ3v) is 4.13. The average Bonchev–Trinajstić information content (AvgIpc) is 2.98. The molecule has 2 aromatic carbocycles. The molecular weight excluding hydrogens is 344 g/mol. The zero-order valence-electron chi connectivity index (χ0n) is 14.5. The van der Waals surface area contributed by atoms with Crippen molar-refractivity contribution in [1.82, 2.24) is 19.5 Å². The summed E-state index contributed by atoms with van der Waals surface area (Å²) in [4.78, 5) is 24.3. The molecule has 4 rings (SSSR count). The van der Waals surface area contributed by atoms with Crippen molar-refractivity contribution in [2.75, 3.05) is 0 Å². The van der Waals surface area contributed by atoms with Crippen LogP contribution < -0.4 is 4.74 Å². The number of hydrogen-bond donors (Lipinski definition) is 1. The molecule has 27 heavy (non-hydrogen) atoms. The summed E-state index contributed by atoms with van der Waals surface area (Å²) in [5.74, 6) is 0.168. The number of imidazole rings is 1. The Morgan fingerprint density at radius 3 is 2.70 bits per heavy atom. The van der Waals surface area contributed by atoms with E-state index in [1.807, 2.05) is 41.8 Å². The van der Waals surface area contributed by atoms with Gasteiger partial charge in [0.1, 0.15) is 17.1 Å². The fourth-order valence-corrected chi connectivity index (χ4v) is 2.82. The predicted molar refractivity (Wildman–Crippen MR) is 99.1 cm³/mol. The van der Waals surface area contributed by atoms with E-state index in [4.69, 9.17) is 9.84 Å². The molecule has 0 saturated carbocycles. The highest BCUT2D eigenvalue weighted by molar-refractivity contribution is 5.88. The zero-order valence-corrected chi connectivity index (χ0v) is 14.5. The monoisotopic (exact) mass is 360 g/mol. The summed E-state index contributed by atoms with van der Waals surface area (Å²) in [6.45, 7) is 2.55. The average molecular weight is 360 g/mol. The number of ether oxygens (including phenoxy) is 1. The Morgan fingerprint density at radius 2 is 1.93 bits per heavy atom. The first-order chi connectivity index (χ1) is 13.1. The number of rotatable bonds is 5. The van der Waals surface area contributed by atoms with Gasteiger partial charge in [-0.3, -0.25) is 0 Å². The molecule has 0 amide bonds. The number of nitrogens with zero attached hydrogens (tertiary/aromatic N) is 4. The van der Waals surface area contributed by atoms with E-state index in [-0.39, 0.29) is 11.6 Å². The van der Waals surface area contributed by atoms with Gasteiger partial charge in [-0.1, -0.05) is 36.4 Å². The molecule has 134 valence electrons. The van der Waals surface area contributed by atoms with Gasteiger partial charge >= 0.3 is 12.0 Å². The molecule has 1 N–H and O–H groups in total. The topological polar surface area (TPSA) is 90.1 Å². The molecule has 0 aliphatic heterocycles. The lowest BCUT2D eigenvalue weighted by atomic mass is 10.2. The first-order valence-corrected chi connectivity index (χ1v) is 8.35. The number of carboxylic acids is 1. The molecule has 7 nitrogen and oxygen atoms in total. The fraction of sp³-hybridized carbons (Fsp3) is 0.100. The quantitative estimate of drug-likeness (QED) is 0.584. The van der Waals surface area contributed by atoms with Crippen molar-refractivity contribution in [2.24, 2.45) is 0 Å². The molecule has 0 aliphatic carbocycles. The van der Waals surface area contributed by atoms with Crippen LogP contribution in [0.1, 0.15) is 21.7 Å². The smallest absolute Gasteiger partial charge is 0.335 e. The van der Waals surface area contributed by atoms with Gasteiger partial charge in [0.15, 0.2) is 5.65 Å². The van der Waals surface area contributed by atoms with Gasteiger partial charge in [-0.15, -0.1) is 0 Å². The molecule has 0 saturated heterocycles. The van der Waals surface area contributed by atoms with Crippen molar-refractivity contribution in [3.8, 4) is 11.8 Å². The maximum atomic E-state index is 11.1. The summed E-state index contributed by atoms with van der Waals surface area (Å²) >= 11 is 0. The second-order valence-corrected chi connectivity index (χ2v) is 6.03. The van der Waals surface area contributed by atoms with E-state index in [9.17, 15) is 4.79 Å². The van der Waals surface area contributed by atoms with Crippen LogP contribution in [-0.2, 0) is 6.54 Å². The van der Waals surface area contributed by atoms with E-state index < -0.39 is 5.97 Å². The van der Waals surface area contributed by atoms with Crippen molar-refractivity contribution in [3.63, 3.8) is 0 Å². The van der Waals surface area contributed by atoms with E-state index in [0.717, 1.165) is 11.4 Å². The van der Waals surface area contributed by atoms with Gasteiger partial charge in [0.25, 0.3) is 0 Å². The normalized spacial score (nSPS) is 10.9. The second kappa shape index (κ2) is 6.87. The number of aryl methyl sites for hydroxylation is 1. The first-order valence-electron chi connectivity index (χ1n) is 8.35. The van der Waals surface area contributed by atoms with Gasteiger partial charge in [0, 0.05) is 0 Å². The number of carbonyl (C=O) groups is 1. The molecule has 4 aromatic rings. The first kappa shape index (κ1) is 16.7. The Morgan fingerprint density at radius 1 is 1.11 bits per heavy atom. The van der Waals surface area contributed by atoms with Crippen LogP contribution in [0.15, 0.2) is 60.8 Å². The Bertz CT molecular complexity index is 1120. The van der Waals surface area contributed by atoms with Crippen LogP contribution in [0.2, 0.25) is 0 Å². The van der Waals surface area contributed by atoms with E-state index in [1.54, 1.807) is 18.3 Å². The molecule has 0 fully saturated rings. The molecule has 2 aromatic heterocycles. The van der Waals surface area contributed by atoms with Crippen molar-refractivity contribution in [2.45, 2.75) is 13.5 Å². The zero-order chi connectivity index (χ0) is 18.8. The molecule has 0 radical (unpaired) electrons. The van der Waals surface area contributed by atoms with Gasteiger partial charge in [-0.25, -0.2) is 14.8 Å². The highest BCUT2D eigenvalue weighted by atomic mass is 16.5. The number of aromatic carboxylic acids is 1. The van der Waals surface area contributed by atoms with Crippen molar-refractivity contribution in [1.29, 1.82) is 0 Å². The molecule has 2 heterocycles. The summed E-state index contributed by atoms with van der Waals surface area (Å²) in [7, 11) is 0. The van der Waals surface area contributed by atoms with E-state index in [1.165, 1.54) is 12.1 Å². The fourth-order valence-electron chi connectivity index (χ4n) is 2.82. The SMILES string of the molecule is Cc1nc2cnc(Oc3cccc(C(=O)O)c3)nc2n1Cc1ccccc1. The highest BCUT2D eigenvalue weighted by Gasteiger charge is 2.13. The lowest BCUT2D eigenvalue weighted by Crippen LogP contribution is -2.03. The predicted octanol–water partition coefficient (Wildman–Crippen LogP) is 3.67. The lowest BCUT2D eigenvalue weighted by Gasteiger charge is -2.08. The Labute approximate surface area is 154 Å². The van der Waals surface area contributed by atoms with Crippen LogP contribution in [0.4, 0.5) is 0 Å². The van der Waals surface area contributed by atoms with Crippen LogP contribution in [0.25, 0.3) is 11.2 Å². The van der Waals surface area contributed by atoms with Crippen molar-refractivity contribution < 1.29 is 14.6 Å². The third kappa shape index (κ3) is 3.48. The van der Waals surface area contributed by atoms with Crippen LogP contribution in [0.3, 0.4) is 0 Å². The largest absolute Gasteiger partial charge is 0.478 e. The Hall–Kier alpha value is -3.74. The highest BCUT2D eigenvalue weighted by Crippen LogP contribution is 2.22. The van der Waals surface area contributed by atoms with Gasteiger partial charge in [-0.05, 0) is 30.7 Å². The summed E-state index contributed by atoms with van der Waals surface area (Å²) in [5, 5.41) is 9.10. The summed E-state index contributed by atoms with van der Waals surface area (Å²) in [6.07, 6.45) is 1.60. The van der Waals surface area contributed by atoms with Crippen molar-refractivity contribution >= 4 is 17.1 Å². The number of hydrogen-bond acceptors (Lipinski definition) is 5. The minimum absolute atomic E-state index is 0.138. The number of aromatic nitrogens is 4. The molecule has 0 aliphatic rings. The standard InChI is InChI=1S/C20H16N4O3/c1-13-22-17-11-21-20(27-16-9-5-8-15(10-16)19(25)26)23-18(17)24(13)12-14-6-3-2-4-7-14/h2-11H,12H2,1H3,(H,25,26). The third-order valence-electron chi connectivity index (χ3n) is 4.13. The molecule has 0 atom stereocenters. The Kier molecular flexibility index (Phi) is 4.25. The van der Waals surface area contributed by atoms with Crippen LogP contribution in [0.5, 0.6) is 11.8 Å². The summed E-state index contributed by atoms with van der Waals surface area (Å²) in [5.41, 5.74) is 2.61. The molecule has 0 spiro atoms. The van der Waals surface area contributed by atoms with Gasteiger partial charge in [0.05, 0.1) is 18.3 Å². The van der Waals surface area contributed by atoms with E-state index >= 15 is 0 Å². The van der Waals surface area contributed by atoms with Crippen LogP contribution in [-0.4, -0.2) is 30.6 Å². The van der Waals surface area contributed by atoms with Crippen molar-refractivity contribution in [3.05, 3.63) is 77.7 Å². The second-order valence-electron chi connectivity index (χ2n) is 6.03. The molecule has 7 heteroatoms. The minimum atomic E-state index is -1.02. The van der Waals surface area contributed by atoms with E-state index in [0.29, 0.717) is 23.5 Å². The maximum absolute atomic E-state index is 11.1. The number of carboxylic acid groups (broad SMARTS) is 1.